The largest absolute Gasteiger partial charge is 0.385 e. The Morgan fingerprint density at radius 2 is 2.29 bits per heavy atom. The molecule has 0 aromatic carbocycles. The van der Waals surface area contributed by atoms with Gasteiger partial charge in [0.05, 0.1) is 0 Å². The van der Waals surface area contributed by atoms with Crippen molar-refractivity contribution >= 4 is 5.69 Å². The van der Waals surface area contributed by atoms with E-state index in [2.05, 4.69) is 36.1 Å². The van der Waals surface area contributed by atoms with Crippen LogP contribution in [-0.2, 0) is 0 Å². The summed E-state index contributed by atoms with van der Waals surface area (Å²) in [6, 6.07) is 6.27. The second kappa shape index (κ2) is 6.87. The quantitative estimate of drug-likeness (QED) is 0.763. The molecule has 0 fully saturated rings. The number of pyridine rings is 1. The molecule has 1 rings (SSSR count). The maximum Gasteiger partial charge on any atom is 0.142 e. The summed E-state index contributed by atoms with van der Waals surface area (Å²) in [5, 5.41) is 12.0. The second-order valence-electron chi connectivity index (χ2n) is 4.40. The molecule has 1 aromatic rings. The molecule has 4 heteroatoms. The van der Waals surface area contributed by atoms with Gasteiger partial charge in [-0.05, 0) is 46.0 Å². The van der Waals surface area contributed by atoms with Crippen LogP contribution in [0, 0.1) is 11.3 Å². The van der Waals surface area contributed by atoms with Crippen molar-refractivity contribution in [2.75, 3.05) is 25.5 Å². The van der Waals surface area contributed by atoms with Gasteiger partial charge in [-0.3, -0.25) is 0 Å². The zero-order valence-electron chi connectivity index (χ0n) is 10.8. The first kappa shape index (κ1) is 13.5. The maximum absolute atomic E-state index is 8.72. The van der Waals surface area contributed by atoms with E-state index in [1.54, 1.807) is 12.3 Å². The minimum absolute atomic E-state index is 0.453. The molecule has 92 valence electrons. The molecule has 0 aliphatic rings. The topological polar surface area (TPSA) is 52.0 Å². The van der Waals surface area contributed by atoms with Gasteiger partial charge in [-0.15, -0.1) is 0 Å². The minimum Gasteiger partial charge on any atom is -0.385 e. The lowest BCUT2D eigenvalue weighted by atomic mass is 10.3. The molecule has 0 aliphatic carbocycles. The molecule has 17 heavy (non-hydrogen) atoms. The molecule has 4 nitrogen and oxygen atoms in total. The summed E-state index contributed by atoms with van der Waals surface area (Å²) in [5.74, 6) is 0. The molecule has 0 bridgehead atoms. The Morgan fingerprint density at radius 3 is 2.94 bits per heavy atom. The summed E-state index contributed by atoms with van der Waals surface area (Å²) in [4.78, 5) is 6.24. The van der Waals surface area contributed by atoms with E-state index in [-0.39, 0.29) is 0 Å². The molecule has 0 spiro atoms. The lowest BCUT2D eigenvalue weighted by Crippen LogP contribution is -2.28. The Hall–Kier alpha value is -1.60. The molecule has 0 saturated heterocycles. The van der Waals surface area contributed by atoms with Gasteiger partial charge < -0.3 is 10.2 Å². The Bertz CT molecular complexity index is 381. The number of anilines is 1. The molecule has 1 aromatic heterocycles. The van der Waals surface area contributed by atoms with Crippen LogP contribution in [-0.4, -0.2) is 36.1 Å². The van der Waals surface area contributed by atoms with E-state index in [1.165, 1.54) is 0 Å². The zero-order chi connectivity index (χ0) is 12.7. The van der Waals surface area contributed by atoms with Crippen LogP contribution in [0.5, 0.6) is 0 Å². The molecule has 0 aliphatic heterocycles. The molecule has 1 N–H and O–H groups in total. The third kappa shape index (κ3) is 4.83. The predicted molar refractivity (Wildman–Crippen MR) is 69.8 cm³/mol. The third-order valence-electron chi connectivity index (χ3n) is 2.77. The van der Waals surface area contributed by atoms with Gasteiger partial charge in [0.2, 0.25) is 0 Å². The van der Waals surface area contributed by atoms with Gasteiger partial charge >= 0.3 is 0 Å². The van der Waals surface area contributed by atoms with Crippen molar-refractivity contribution < 1.29 is 0 Å². The van der Waals surface area contributed by atoms with Gasteiger partial charge in [-0.25, -0.2) is 4.98 Å². The van der Waals surface area contributed by atoms with Gasteiger partial charge in [0.1, 0.15) is 11.8 Å². The summed E-state index contributed by atoms with van der Waals surface area (Å²) >= 11 is 0. The van der Waals surface area contributed by atoms with Crippen LogP contribution in [0.2, 0.25) is 0 Å². The smallest absolute Gasteiger partial charge is 0.142 e. The van der Waals surface area contributed by atoms with Crippen LogP contribution in [0.4, 0.5) is 5.69 Å². The molecule has 0 amide bonds. The van der Waals surface area contributed by atoms with Gasteiger partial charge in [0.15, 0.2) is 0 Å². The Morgan fingerprint density at radius 1 is 1.53 bits per heavy atom. The van der Waals surface area contributed by atoms with E-state index in [9.17, 15) is 0 Å². The van der Waals surface area contributed by atoms with E-state index in [4.69, 9.17) is 5.26 Å². The normalized spacial score (nSPS) is 10.6. The first-order valence-corrected chi connectivity index (χ1v) is 5.93. The van der Waals surface area contributed by atoms with Crippen LogP contribution >= 0.6 is 0 Å². The molecular weight excluding hydrogens is 212 g/mol. The first-order valence-electron chi connectivity index (χ1n) is 5.93. The Balaban J connectivity index is 2.29. The van der Waals surface area contributed by atoms with Crippen molar-refractivity contribution in [3.05, 3.63) is 24.0 Å². The lowest BCUT2D eigenvalue weighted by molar-refractivity contribution is 0.273. The number of hydrogen-bond donors (Lipinski definition) is 1. The molecule has 0 unspecified atom stereocenters. The van der Waals surface area contributed by atoms with Crippen LogP contribution in [0.25, 0.3) is 0 Å². The highest BCUT2D eigenvalue weighted by atomic mass is 15.1. The standard InChI is InChI=1S/C13H20N4/c1-11(2)17(3)8-4-6-15-12-5-7-16-13(9-12)10-14/h5,7,9,11H,4,6,8H2,1-3H3,(H,15,16). The highest BCUT2D eigenvalue weighted by Gasteiger charge is 2.02. The predicted octanol–water partition coefficient (Wildman–Crippen LogP) is 2.10. The number of nitriles is 1. The summed E-state index contributed by atoms with van der Waals surface area (Å²) in [6.45, 7) is 6.36. The van der Waals surface area contributed by atoms with Crippen molar-refractivity contribution in [2.24, 2.45) is 0 Å². The lowest BCUT2D eigenvalue weighted by Gasteiger charge is -2.20. The third-order valence-corrected chi connectivity index (χ3v) is 2.77. The number of nitrogens with zero attached hydrogens (tertiary/aromatic N) is 3. The number of aromatic nitrogens is 1. The second-order valence-corrected chi connectivity index (χ2v) is 4.40. The molecular formula is C13H20N4. The average Bonchev–Trinajstić information content (AvgIpc) is 2.34. The van der Waals surface area contributed by atoms with Crippen molar-refractivity contribution in [1.82, 2.24) is 9.88 Å². The summed E-state index contributed by atoms with van der Waals surface area (Å²) in [5.41, 5.74) is 1.41. The van der Waals surface area contributed by atoms with Crippen LogP contribution in [0.3, 0.4) is 0 Å². The highest BCUT2D eigenvalue weighted by Crippen LogP contribution is 2.07. The number of hydrogen-bond acceptors (Lipinski definition) is 4. The zero-order valence-corrected chi connectivity index (χ0v) is 10.8. The minimum atomic E-state index is 0.453. The summed E-state index contributed by atoms with van der Waals surface area (Å²) in [7, 11) is 2.13. The monoisotopic (exact) mass is 232 g/mol. The van der Waals surface area contributed by atoms with Crippen LogP contribution < -0.4 is 5.32 Å². The maximum atomic E-state index is 8.72. The molecule has 0 atom stereocenters. The number of nitrogens with one attached hydrogen (secondary N) is 1. The summed E-state index contributed by atoms with van der Waals surface area (Å²) < 4.78 is 0. The summed E-state index contributed by atoms with van der Waals surface area (Å²) in [6.07, 6.45) is 2.74. The van der Waals surface area contributed by atoms with Gasteiger partial charge in [-0.2, -0.15) is 5.26 Å². The van der Waals surface area contributed by atoms with Gasteiger partial charge in [0.25, 0.3) is 0 Å². The fourth-order valence-electron chi connectivity index (χ4n) is 1.42. The van der Waals surface area contributed by atoms with Crippen molar-refractivity contribution in [2.45, 2.75) is 26.3 Å². The van der Waals surface area contributed by atoms with E-state index >= 15 is 0 Å². The van der Waals surface area contributed by atoms with E-state index in [0.29, 0.717) is 11.7 Å². The van der Waals surface area contributed by atoms with E-state index in [0.717, 1.165) is 25.2 Å². The van der Waals surface area contributed by atoms with E-state index < -0.39 is 0 Å². The van der Waals surface area contributed by atoms with Gasteiger partial charge in [0, 0.05) is 24.5 Å². The van der Waals surface area contributed by atoms with Crippen LogP contribution in [0.15, 0.2) is 18.3 Å². The molecule has 0 radical (unpaired) electrons. The van der Waals surface area contributed by atoms with E-state index in [1.807, 2.05) is 12.1 Å². The van der Waals surface area contributed by atoms with Crippen molar-refractivity contribution in [3.63, 3.8) is 0 Å². The highest BCUT2D eigenvalue weighted by molar-refractivity contribution is 5.45. The SMILES string of the molecule is CC(C)N(C)CCCNc1ccnc(C#N)c1. The number of rotatable bonds is 6. The Kier molecular flexibility index (Phi) is 5.44. The van der Waals surface area contributed by atoms with Crippen molar-refractivity contribution in [3.8, 4) is 6.07 Å². The fraction of sp³-hybridized carbons (Fsp3) is 0.538. The Labute approximate surface area is 103 Å². The average molecular weight is 232 g/mol. The first-order chi connectivity index (χ1) is 8.13. The van der Waals surface area contributed by atoms with Crippen LogP contribution in [0.1, 0.15) is 26.0 Å². The van der Waals surface area contributed by atoms with Crippen molar-refractivity contribution in [1.29, 1.82) is 5.26 Å². The van der Waals surface area contributed by atoms with Gasteiger partial charge in [-0.1, -0.05) is 0 Å². The molecule has 0 saturated carbocycles. The molecule has 1 heterocycles. The fourth-order valence-corrected chi connectivity index (χ4v) is 1.42.